The first kappa shape index (κ1) is 17.6. The van der Waals surface area contributed by atoms with E-state index in [-0.39, 0.29) is 11.4 Å². The summed E-state index contributed by atoms with van der Waals surface area (Å²) < 4.78 is 59.2. The minimum Gasteiger partial charge on any atom is -0.337 e. The third-order valence-electron chi connectivity index (χ3n) is 2.28. The Balaban J connectivity index is 2.44. The lowest BCUT2D eigenvalue weighted by molar-refractivity contribution is -0.122. The summed E-state index contributed by atoms with van der Waals surface area (Å²) in [7, 11) is -3.64. The summed E-state index contributed by atoms with van der Waals surface area (Å²) in [5.74, 6) is -0.436. The molecule has 0 spiro atoms. The van der Waals surface area contributed by atoms with Gasteiger partial charge in [-0.15, -0.1) is 0 Å². The lowest BCUT2D eigenvalue weighted by Gasteiger charge is -2.10. The van der Waals surface area contributed by atoms with Crippen molar-refractivity contribution in [2.24, 2.45) is 0 Å². The van der Waals surface area contributed by atoms with Crippen LogP contribution in [0.1, 0.15) is 0 Å². The molecule has 0 aliphatic heterocycles. The topological polar surface area (TPSA) is 75.3 Å². The van der Waals surface area contributed by atoms with E-state index >= 15 is 0 Å². The lowest BCUT2D eigenvalue weighted by atomic mass is 10.4. The third-order valence-corrected chi connectivity index (χ3v) is 4.26. The smallest absolute Gasteiger partial charge is 0.337 e. The van der Waals surface area contributed by atoms with Gasteiger partial charge in [-0.2, -0.15) is 13.2 Å². The van der Waals surface area contributed by atoms with Gasteiger partial charge in [0.1, 0.15) is 6.54 Å². The van der Waals surface area contributed by atoms with Crippen LogP contribution in [-0.2, 0) is 9.84 Å². The third kappa shape index (κ3) is 6.67. The zero-order valence-corrected chi connectivity index (χ0v) is 12.1. The molecule has 0 bridgehead atoms. The minimum atomic E-state index is -4.52. The molecule has 0 aliphatic carbocycles. The van der Waals surface area contributed by atoms with Gasteiger partial charge in [-0.05, 0) is 24.3 Å². The maximum Gasteiger partial charge on any atom is 0.405 e. The number of halogens is 4. The molecule has 0 aliphatic rings. The Labute approximate surface area is 124 Å². The average molecular weight is 345 g/mol. The summed E-state index contributed by atoms with van der Waals surface area (Å²) in [5, 5.41) is 3.98. The van der Waals surface area contributed by atoms with Crippen molar-refractivity contribution in [3.63, 3.8) is 0 Å². The molecule has 0 saturated heterocycles. The van der Waals surface area contributed by atoms with Gasteiger partial charge in [-0.25, -0.2) is 13.2 Å². The van der Waals surface area contributed by atoms with E-state index in [1.54, 1.807) is 5.32 Å². The maximum absolute atomic E-state index is 11.8. The molecule has 0 fully saturated rings. The molecular weight excluding hydrogens is 333 g/mol. The highest BCUT2D eigenvalue weighted by molar-refractivity contribution is 7.91. The van der Waals surface area contributed by atoms with E-state index in [0.29, 0.717) is 5.02 Å². The highest BCUT2D eigenvalue weighted by Crippen LogP contribution is 2.15. The fourth-order valence-electron chi connectivity index (χ4n) is 1.30. The van der Waals surface area contributed by atoms with E-state index in [2.05, 4.69) is 0 Å². The van der Waals surface area contributed by atoms with Crippen LogP contribution >= 0.6 is 11.6 Å². The van der Waals surface area contributed by atoms with E-state index in [0.717, 1.165) is 0 Å². The summed E-state index contributed by atoms with van der Waals surface area (Å²) in [5.41, 5.74) is 0. The molecule has 21 heavy (non-hydrogen) atoms. The summed E-state index contributed by atoms with van der Waals surface area (Å²) in [6, 6.07) is 4.33. The number of amides is 2. The molecule has 1 aromatic rings. The quantitative estimate of drug-likeness (QED) is 0.857. The molecular formula is C11H12ClF3N2O3S. The monoisotopic (exact) mass is 344 g/mol. The normalized spacial score (nSPS) is 12.0. The van der Waals surface area contributed by atoms with Crippen molar-refractivity contribution in [1.29, 1.82) is 0 Å². The van der Waals surface area contributed by atoms with Crippen LogP contribution in [-0.4, -0.2) is 39.5 Å². The van der Waals surface area contributed by atoms with Crippen LogP contribution in [0.3, 0.4) is 0 Å². The second-order valence-corrected chi connectivity index (χ2v) is 6.54. The zero-order chi connectivity index (χ0) is 16.1. The van der Waals surface area contributed by atoms with Crippen molar-refractivity contribution in [2.75, 3.05) is 18.8 Å². The molecule has 1 aromatic carbocycles. The average Bonchev–Trinajstić information content (AvgIpc) is 2.36. The second-order valence-electron chi connectivity index (χ2n) is 4.00. The van der Waals surface area contributed by atoms with Crippen LogP contribution in [0.15, 0.2) is 29.2 Å². The largest absolute Gasteiger partial charge is 0.405 e. The molecule has 118 valence electrons. The Kier molecular flexibility index (Phi) is 5.85. The number of hydrogen-bond acceptors (Lipinski definition) is 3. The van der Waals surface area contributed by atoms with E-state index in [1.807, 2.05) is 5.32 Å². The number of benzene rings is 1. The van der Waals surface area contributed by atoms with E-state index in [9.17, 15) is 26.4 Å². The Hall–Kier alpha value is -1.48. The number of sulfone groups is 1. The Morgan fingerprint density at radius 1 is 1.14 bits per heavy atom. The van der Waals surface area contributed by atoms with Gasteiger partial charge >= 0.3 is 12.2 Å². The van der Waals surface area contributed by atoms with E-state index < -0.39 is 34.3 Å². The number of carbonyl (C=O) groups is 1. The predicted octanol–water partition coefficient (Wildman–Crippen LogP) is 1.98. The van der Waals surface area contributed by atoms with Gasteiger partial charge in [0.05, 0.1) is 10.6 Å². The van der Waals surface area contributed by atoms with Gasteiger partial charge in [-0.1, -0.05) is 11.6 Å². The molecule has 0 atom stereocenters. The summed E-state index contributed by atoms with van der Waals surface area (Å²) in [6.07, 6.45) is -4.52. The van der Waals surface area contributed by atoms with E-state index in [4.69, 9.17) is 11.6 Å². The molecule has 0 heterocycles. The Bertz CT molecular complexity index is 588. The molecule has 0 aromatic heterocycles. The summed E-state index contributed by atoms with van der Waals surface area (Å²) >= 11 is 5.63. The standard InChI is InChI=1S/C11H12ClF3N2O3S/c12-8-1-3-9(4-2-8)21(19,20)6-5-16-10(18)17-7-11(13,14)15/h1-4H,5-7H2,(H2,16,17,18). The Morgan fingerprint density at radius 2 is 1.71 bits per heavy atom. The van der Waals surface area contributed by atoms with Crippen LogP contribution in [0.5, 0.6) is 0 Å². The lowest BCUT2D eigenvalue weighted by Crippen LogP contribution is -2.42. The predicted molar refractivity (Wildman–Crippen MR) is 71.0 cm³/mol. The van der Waals surface area contributed by atoms with Crippen LogP contribution in [0, 0.1) is 0 Å². The molecule has 5 nitrogen and oxygen atoms in total. The fraction of sp³-hybridized carbons (Fsp3) is 0.364. The van der Waals surface area contributed by atoms with Gasteiger partial charge in [0, 0.05) is 11.6 Å². The first-order valence-electron chi connectivity index (χ1n) is 5.67. The molecule has 10 heteroatoms. The zero-order valence-electron chi connectivity index (χ0n) is 10.6. The Morgan fingerprint density at radius 3 is 2.24 bits per heavy atom. The van der Waals surface area contributed by atoms with Gasteiger partial charge in [0.15, 0.2) is 9.84 Å². The second kappa shape index (κ2) is 6.99. The van der Waals surface area contributed by atoms with Crippen LogP contribution in [0.2, 0.25) is 5.02 Å². The molecule has 1 rings (SSSR count). The molecule has 0 unspecified atom stereocenters. The van der Waals surface area contributed by atoms with Crippen molar-refractivity contribution in [1.82, 2.24) is 10.6 Å². The first-order chi connectivity index (χ1) is 9.60. The fourth-order valence-corrected chi connectivity index (χ4v) is 2.58. The number of hydrogen-bond donors (Lipinski definition) is 2. The molecule has 0 radical (unpaired) electrons. The highest BCUT2D eigenvalue weighted by atomic mass is 35.5. The van der Waals surface area contributed by atoms with Gasteiger partial charge in [0.25, 0.3) is 0 Å². The minimum absolute atomic E-state index is 0.0180. The maximum atomic E-state index is 11.8. The van der Waals surface area contributed by atoms with Gasteiger partial charge in [-0.3, -0.25) is 0 Å². The number of nitrogens with one attached hydrogen (secondary N) is 2. The van der Waals surface area contributed by atoms with Crippen LogP contribution in [0.25, 0.3) is 0 Å². The van der Waals surface area contributed by atoms with Crippen LogP contribution in [0.4, 0.5) is 18.0 Å². The highest BCUT2D eigenvalue weighted by Gasteiger charge is 2.27. The number of rotatable bonds is 5. The van der Waals surface area contributed by atoms with Gasteiger partial charge < -0.3 is 10.6 Å². The first-order valence-corrected chi connectivity index (χ1v) is 7.70. The van der Waals surface area contributed by atoms with Crippen molar-refractivity contribution in [3.05, 3.63) is 29.3 Å². The summed E-state index contributed by atoms with van der Waals surface area (Å²) in [6.45, 7) is -1.79. The van der Waals surface area contributed by atoms with Crippen LogP contribution < -0.4 is 10.6 Å². The molecule has 0 saturated carbocycles. The number of alkyl halides is 3. The number of carbonyl (C=O) groups excluding carboxylic acids is 1. The number of urea groups is 1. The van der Waals surface area contributed by atoms with E-state index in [1.165, 1.54) is 24.3 Å². The van der Waals surface area contributed by atoms with Crippen molar-refractivity contribution >= 4 is 27.5 Å². The summed E-state index contributed by atoms with van der Waals surface area (Å²) in [4.78, 5) is 11.0. The van der Waals surface area contributed by atoms with Gasteiger partial charge in [0.2, 0.25) is 0 Å². The SMILES string of the molecule is O=C(NCCS(=O)(=O)c1ccc(Cl)cc1)NCC(F)(F)F. The molecule has 2 amide bonds. The molecule has 2 N–H and O–H groups in total. The van der Waals surface area contributed by atoms with Crippen molar-refractivity contribution in [3.8, 4) is 0 Å². The van der Waals surface area contributed by atoms with Crippen molar-refractivity contribution in [2.45, 2.75) is 11.1 Å². The van der Waals surface area contributed by atoms with Crippen molar-refractivity contribution < 1.29 is 26.4 Å².